The summed E-state index contributed by atoms with van der Waals surface area (Å²) >= 11 is 5.12. The second-order valence-corrected chi connectivity index (χ2v) is 9.33. The summed E-state index contributed by atoms with van der Waals surface area (Å²) < 4.78 is 1.02. The minimum absolute atomic E-state index is 0.166. The van der Waals surface area contributed by atoms with Gasteiger partial charge in [-0.1, -0.05) is 32.1 Å². The molecule has 1 aliphatic rings. The second kappa shape index (κ2) is 8.85. The summed E-state index contributed by atoms with van der Waals surface area (Å²) in [6.07, 6.45) is 7.69. The van der Waals surface area contributed by atoms with Gasteiger partial charge in [0.15, 0.2) is 5.82 Å². The predicted molar refractivity (Wildman–Crippen MR) is 113 cm³/mol. The molecule has 0 radical (unpaired) electrons. The Morgan fingerprint density at radius 1 is 1.33 bits per heavy atom. The Bertz CT molecular complexity index is 891. The lowest BCUT2D eigenvalue weighted by molar-refractivity contribution is -0.117. The second-order valence-electron chi connectivity index (χ2n) is 6.87. The molecule has 3 rings (SSSR count). The molecule has 0 unspecified atom stereocenters. The molecule has 2 aromatic heterocycles. The van der Waals surface area contributed by atoms with Crippen molar-refractivity contribution in [2.45, 2.75) is 57.9 Å². The molecule has 1 amide bonds. The van der Waals surface area contributed by atoms with Crippen LogP contribution in [0.15, 0.2) is 22.2 Å². The molecule has 0 saturated carbocycles. The highest BCUT2D eigenvalue weighted by Crippen LogP contribution is 2.39. The predicted octanol–water partition coefficient (Wildman–Crippen LogP) is 4.79. The van der Waals surface area contributed by atoms with Gasteiger partial charge in [-0.25, -0.2) is 4.98 Å². The average molecular weight is 447 g/mol. The highest BCUT2D eigenvalue weighted by Gasteiger charge is 2.37. The smallest absolute Gasteiger partial charge is 0.256 e. The summed E-state index contributed by atoms with van der Waals surface area (Å²) in [6, 6.07) is 4.02. The van der Waals surface area contributed by atoms with E-state index in [-0.39, 0.29) is 5.91 Å². The van der Waals surface area contributed by atoms with Gasteiger partial charge in [0.1, 0.15) is 11.9 Å². The van der Waals surface area contributed by atoms with E-state index in [4.69, 9.17) is 0 Å². The summed E-state index contributed by atoms with van der Waals surface area (Å²) in [5, 5.41) is 9.80. The van der Waals surface area contributed by atoms with Crippen LogP contribution in [-0.4, -0.2) is 26.6 Å². The minimum Gasteiger partial charge on any atom is -0.336 e. The molecule has 0 aromatic carbocycles. The Labute approximate surface area is 172 Å². The fourth-order valence-corrected chi connectivity index (χ4v) is 4.61. The van der Waals surface area contributed by atoms with Crippen molar-refractivity contribution < 1.29 is 4.79 Å². The number of H-pyrrole nitrogens is 1. The normalized spacial score (nSPS) is 19.6. The molecular formula is C20H23BrN4OS. The third-order valence-electron chi connectivity index (χ3n) is 4.49. The van der Waals surface area contributed by atoms with Gasteiger partial charge in [-0.05, 0) is 47.0 Å². The first-order chi connectivity index (χ1) is 13.0. The lowest BCUT2D eigenvalue weighted by Crippen LogP contribution is -2.48. The van der Waals surface area contributed by atoms with E-state index in [0.29, 0.717) is 17.8 Å². The van der Waals surface area contributed by atoms with Crippen LogP contribution in [0, 0.1) is 11.8 Å². The van der Waals surface area contributed by atoms with E-state index in [1.807, 2.05) is 19.1 Å². The largest absolute Gasteiger partial charge is 0.336 e. The van der Waals surface area contributed by atoms with Crippen LogP contribution in [-0.2, 0) is 4.79 Å². The molecule has 2 aromatic rings. The quantitative estimate of drug-likeness (QED) is 0.494. The van der Waals surface area contributed by atoms with E-state index >= 15 is 0 Å². The average Bonchev–Trinajstić information content (AvgIpc) is 3.29. The number of nitrogens with one attached hydrogen (secondary N) is 2. The Morgan fingerprint density at radius 3 is 2.85 bits per heavy atom. The molecular weight excluding hydrogens is 424 g/mol. The number of aromatic amines is 1. The molecule has 142 valence electrons. The number of unbranched alkanes of at least 4 members (excludes halogenated alkanes) is 4. The van der Waals surface area contributed by atoms with Gasteiger partial charge in [0.05, 0.1) is 9.36 Å². The van der Waals surface area contributed by atoms with Gasteiger partial charge in [-0.15, -0.1) is 17.3 Å². The third kappa shape index (κ3) is 4.88. The number of halogens is 1. The SMILES string of the molecule is CCCCCCC#C[C@]1(C)CC(c2ccc(Br)s2)=C(c2ncn[nH]2)C(=O)N1. The maximum atomic E-state index is 12.9. The molecule has 0 spiro atoms. The van der Waals surface area contributed by atoms with Crippen molar-refractivity contribution in [3.63, 3.8) is 0 Å². The molecule has 0 aliphatic carbocycles. The standard InChI is InChI=1S/C20H23BrN4OS/c1-3-4-5-6-7-8-11-20(2)12-14(15-9-10-16(21)27-15)17(19(26)24-20)18-22-13-23-25-18/h9-10,13H,3-7,12H2,1-2H3,(H,24,26)(H,22,23,25)/t20-/m1/s1. The van der Waals surface area contributed by atoms with Gasteiger partial charge in [0, 0.05) is 17.7 Å². The number of amides is 1. The van der Waals surface area contributed by atoms with E-state index in [2.05, 4.69) is 55.2 Å². The van der Waals surface area contributed by atoms with Crippen molar-refractivity contribution in [2.75, 3.05) is 0 Å². The fraction of sp³-hybridized carbons (Fsp3) is 0.450. The Kier molecular flexibility index (Phi) is 6.51. The molecule has 1 atom stereocenters. The van der Waals surface area contributed by atoms with Gasteiger partial charge in [0.25, 0.3) is 5.91 Å². The summed E-state index contributed by atoms with van der Waals surface area (Å²) in [4.78, 5) is 18.2. The zero-order chi connectivity index (χ0) is 19.3. The lowest BCUT2D eigenvalue weighted by atomic mass is 9.85. The van der Waals surface area contributed by atoms with Gasteiger partial charge < -0.3 is 5.32 Å². The number of carbonyl (C=O) groups is 1. The van der Waals surface area contributed by atoms with Gasteiger partial charge >= 0.3 is 0 Å². The maximum absolute atomic E-state index is 12.9. The molecule has 0 bridgehead atoms. The fourth-order valence-electron chi connectivity index (χ4n) is 3.17. The van der Waals surface area contributed by atoms with Crippen molar-refractivity contribution >= 4 is 44.3 Å². The monoisotopic (exact) mass is 446 g/mol. The van der Waals surface area contributed by atoms with Crippen LogP contribution in [0.1, 0.15) is 63.1 Å². The molecule has 5 nitrogen and oxygen atoms in total. The first-order valence-electron chi connectivity index (χ1n) is 9.19. The maximum Gasteiger partial charge on any atom is 0.256 e. The molecule has 3 heterocycles. The van der Waals surface area contributed by atoms with E-state index in [0.717, 1.165) is 27.1 Å². The van der Waals surface area contributed by atoms with E-state index in [1.54, 1.807) is 11.3 Å². The number of nitrogens with zero attached hydrogens (tertiary/aromatic N) is 2. The molecule has 27 heavy (non-hydrogen) atoms. The van der Waals surface area contributed by atoms with Crippen LogP contribution < -0.4 is 5.32 Å². The summed E-state index contributed by atoms with van der Waals surface area (Å²) in [5.74, 6) is 6.90. The van der Waals surface area contributed by atoms with E-state index in [1.165, 1.54) is 25.6 Å². The molecule has 2 N–H and O–H groups in total. The van der Waals surface area contributed by atoms with Crippen molar-refractivity contribution in [1.82, 2.24) is 20.5 Å². The number of carbonyl (C=O) groups excluding carboxylic acids is 1. The number of aromatic nitrogens is 3. The zero-order valence-electron chi connectivity index (χ0n) is 15.6. The van der Waals surface area contributed by atoms with Gasteiger partial charge in [-0.3, -0.25) is 9.89 Å². The van der Waals surface area contributed by atoms with Crippen LogP contribution in [0.25, 0.3) is 11.1 Å². The first kappa shape index (κ1) is 19.8. The number of thiophene rings is 1. The van der Waals surface area contributed by atoms with Crippen molar-refractivity contribution in [1.29, 1.82) is 0 Å². The molecule has 0 saturated heterocycles. The summed E-state index contributed by atoms with van der Waals surface area (Å²) in [7, 11) is 0. The molecule has 7 heteroatoms. The van der Waals surface area contributed by atoms with Crippen molar-refractivity contribution in [3.05, 3.63) is 32.9 Å². The van der Waals surface area contributed by atoms with Crippen LogP contribution in [0.4, 0.5) is 0 Å². The Hall–Kier alpha value is -1.91. The van der Waals surface area contributed by atoms with Crippen molar-refractivity contribution in [2.24, 2.45) is 0 Å². The van der Waals surface area contributed by atoms with Crippen LogP contribution in [0.5, 0.6) is 0 Å². The third-order valence-corrected chi connectivity index (χ3v) is 6.17. The van der Waals surface area contributed by atoms with Gasteiger partial charge in [-0.2, -0.15) is 5.10 Å². The number of hydrogen-bond donors (Lipinski definition) is 2. The highest BCUT2D eigenvalue weighted by atomic mass is 79.9. The number of rotatable bonds is 6. The highest BCUT2D eigenvalue weighted by molar-refractivity contribution is 9.11. The topological polar surface area (TPSA) is 70.7 Å². The molecule has 0 fully saturated rings. The Morgan fingerprint density at radius 2 is 2.19 bits per heavy atom. The Balaban J connectivity index is 1.89. The minimum atomic E-state index is -0.586. The molecule has 1 aliphatic heterocycles. The number of hydrogen-bond acceptors (Lipinski definition) is 4. The van der Waals surface area contributed by atoms with Crippen LogP contribution >= 0.6 is 27.3 Å². The summed E-state index contributed by atoms with van der Waals surface area (Å²) in [5.41, 5.74) is 0.912. The zero-order valence-corrected chi connectivity index (χ0v) is 18.0. The van der Waals surface area contributed by atoms with E-state index in [9.17, 15) is 4.79 Å². The van der Waals surface area contributed by atoms with Crippen molar-refractivity contribution in [3.8, 4) is 11.8 Å². The summed E-state index contributed by atoms with van der Waals surface area (Å²) in [6.45, 7) is 4.19. The van der Waals surface area contributed by atoms with Crippen LogP contribution in [0.3, 0.4) is 0 Å². The van der Waals surface area contributed by atoms with Gasteiger partial charge in [0.2, 0.25) is 0 Å². The lowest BCUT2D eigenvalue weighted by Gasteiger charge is -2.32. The first-order valence-corrected chi connectivity index (χ1v) is 10.8. The van der Waals surface area contributed by atoms with Crippen LogP contribution in [0.2, 0.25) is 0 Å². The van der Waals surface area contributed by atoms with E-state index < -0.39 is 5.54 Å².